The highest BCUT2D eigenvalue weighted by atomic mass is 16.5. The number of hydrogen-bond donors (Lipinski definition) is 1. The lowest BCUT2D eigenvalue weighted by molar-refractivity contribution is 0.434. The summed E-state index contributed by atoms with van der Waals surface area (Å²) in [4.78, 5) is 12.3. The monoisotopic (exact) mass is 660 g/mol. The van der Waals surface area contributed by atoms with Gasteiger partial charge < -0.3 is 14.6 Å². The average molecular weight is 661 g/mol. The normalized spacial score (nSPS) is 14.1. The maximum absolute atomic E-state index is 11.0. The SMILES string of the molecule is Oc1cccc2c1N1c3ccccc3Oc3cc(-c4ccc5c(c4)c4ccccc4n5-c4nc(C5=CCCC=C5)nc5ccccc45)cc(c31)O2. The number of ether oxygens (including phenoxy) is 2. The lowest BCUT2D eigenvalue weighted by atomic mass is 9.99. The van der Waals surface area contributed by atoms with Crippen LogP contribution in [0.5, 0.6) is 28.7 Å². The summed E-state index contributed by atoms with van der Waals surface area (Å²) in [5.41, 5.74) is 8.27. The Hall–Kier alpha value is -6.86. The molecule has 0 radical (unpaired) electrons. The molecule has 0 unspecified atom stereocenters. The van der Waals surface area contributed by atoms with Gasteiger partial charge >= 0.3 is 0 Å². The molecule has 0 saturated carbocycles. The quantitative estimate of drug-likeness (QED) is 0.203. The number of benzene rings is 6. The minimum absolute atomic E-state index is 0.141. The van der Waals surface area contributed by atoms with Crippen molar-refractivity contribution in [3.63, 3.8) is 0 Å². The number of phenolic OH excluding ortho intramolecular Hbond substituents is 1. The first kappa shape index (κ1) is 28.0. The van der Waals surface area contributed by atoms with Crippen LogP contribution in [0.4, 0.5) is 17.1 Å². The van der Waals surface area contributed by atoms with Crippen molar-refractivity contribution in [3.8, 4) is 45.7 Å². The summed E-state index contributed by atoms with van der Waals surface area (Å²) in [6.07, 6.45) is 8.57. The second-order valence-electron chi connectivity index (χ2n) is 13.1. The summed E-state index contributed by atoms with van der Waals surface area (Å²) >= 11 is 0. The first-order valence-corrected chi connectivity index (χ1v) is 17.1. The van der Waals surface area contributed by atoms with Gasteiger partial charge in [-0.25, -0.2) is 9.97 Å². The second-order valence-corrected chi connectivity index (χ2v) is 13.1. The van der Waals surface area contributed by atoms with Crippen molar-refractivity contribution in [2.24, 2.45) is 0 Å². The molecule has 242 valence electrons. The molecule has 8 aromatic rings. The number of para-hydroxylation sites is 5. The third-order valence-corrected chi connectivity index (χ3v) is 10.1. The van der Waals surface area contributed by atoms with Crippen LogP contribution in [0.3, 0.4) is 0 Å². The highest BCUT2D eigenvalue weighted by Gasteiger charge is 2.36. The molecule has 7 nitrogen and oxygen atoms in total. The largest absolute Gasteiger partial charge is 0.506 e. The summed E-state index contributed by atoms with van der Waals surface area (Å²) in [7, 11) is 0. The van der Waals surface area contributed by atoms with Crippen LogP contribution < -0.4 is 14.4 Å². The standard InChI is InChI=1S/C44H28N4O3/c49-36-18-10-20-38-41(36)48-35-17-8-9-19-37(35)50-39-24-28(25-40(51-38)42(39)48)27-21-22-34-31(23-27)29-13-5-7-16-33(29)47(34)44-30-14-4-6-15-32(30)45-43(46-44)26-11-2-1-3-12-26/h2,4-25,49H,1,3H2. The maximum Gasteiger partial charge on any atom is 0.161 e. The molecule has 11 rings (SSSR count). The van der Waals surface area contributed by atoms with Gasteiger partial charge in [-0.3, -0.25) is 9.47 Å². The maximum atomic E-state index is 11.0. The van der Waals surface area contributed by atoms with E-state index in [9.17, 15) is 5.11 Å². The molecular weight excluding hydrogens is 633 g/mol. The fourth-order valence-corrected chi connectivity index (χ4v) is 7.78. The van der Waals surface area contributed by atoms with Gasteiger partial charge in [-0.2, -0.15) is 0 Å². The number of phenols is 1. The van der Waals surface area contributed by atoms with Gasteiger partial charge in [0, 0.05) is 21.7 Å². The van der Waals surface area contributed by atoms with E-state index in [0.29, 0.717) is 28.7 Å². The van der Waals surface area contributed by atoms with Crippen LogP contribution in [0.2, 0.25) is 0 Å². The zero-order valence-electron chi connectivity index (χ0n) is 27.2. The summed E-state index contributed by atoms with van der Waals surface area (Å²) in [5.74, 6) is 4.33. The number of hydrogen-bond acceptors (Lipinski definition) is 6. The molecule has 0 amide bonds. The molecule has 0 spiro atoms. The Balaban J connectivity index is 1.12. The topological polar surface area (TPSA) is 72.6 Å². The summed E-state index contributed by atoms with van der Waals surface area (Å²) in [6, 6.07) is 40.7. The van der Waals surface area contributed by atoms with Gasteiger partial charge in [0.2, 0.25) is 0 Å². The van der Waals surface area contributed by atoms with Crippen LogP contribution >= 0.6 is 0 Å². The van der Waals surface area contributed by atoms with Crippen LogP contribution in [0.15, 0.2) is 140 Å². The molecule has 3 aliphatic rings. The molecule has 0 bridgehead atoms. The molecule has 4 heterocycles. The fraction of sp³-hybridized carbons (Fsp3) is 0.0455. The number of aromatic hydroxyl groups is 1. The Morgan fingerprint density at radius 1 is 0.588 bits per heavy atom. The molecule has 51 heavy (non-hydrogen) atoms. The Morgan fingerprint density at radius 2 is 1.35 bits per heavy atom. The van der Waals surface area contributed by atoms with Gasteiger partial charge in [-0.15, -0.1) is 0 Å². The third kappa shape index (κ3) is 4.12. The van der Waals surface area contributed by atoms with Crippen LogP contribution in [-0.4, -0.2) is 19.6 Å². The minimum atomic E-state index is 0.141. The van der Waals surface area contributed by atoms with Crippen molar-refractivity contribution >= 4 is 55.3 Å². The molecule has 0 fully saturated rings. The fourth-order valence-electron chi connectivity index (χ4n) is 7.78. The molecule has 0 atom stereocenters. The van der Waals surface area contributed by atoms with E-state index >= 15 is 0 Å². The smallest absolute Gasteiger partial charge is 0.161 e. The lowest BCUT2D eigenvalue weighted by Gasteiger charge is -2.38. The van der Waals surface area contributed by atoms with E-state index in [-0.39, 0.29) is 5.75 Å². The van der Waals surface area contributed by atoms with Crippen molar-refractivity contribution in [1.29, 1.82) is 0 Å². The molecular formula is C44H28N4O3. The number of nitrogens with zero attached hydrogens (tertiary/aromatic N) is 4. The van der Waals surface area contributed by atoms with Gasteiger partial charge in [0.25, 0.3) is 0 Å². The first-order valence-electron chi connectivity index (χ1n) is 17.1. The van der Waals surface area contributed by atoms with Crippen molar-refractivity contribution < 1.29 is 14.6 Å². The zero-order chi connectivity index (χ0) is 33.6. The van der Waals surface area contributed by atoms with Crippen molar-refractivity contribution in [1.82, 2.24) is 14.5 Å². The van der Waals surface area contributed by atoms with E-state index in [1.165, 1.54) is 0 Å². The molecule has 7 heteroatoms. The predicted molar refractivity (Wildman–Crippen MR) is 202 cm³/mol. The van der Waals surface area contributed by atoms with Gasteiger partial charge in [0.05, 0.1) is 22.2 Å². The van der Waals surface area contributed by atoms with Gasteiger partial charge in [0.15, 0.2) is 28.8 Å². The number of allylic oxidation sites excluding steroid dienone is 4. The minimum Gasteiger partial charge on any atom is -0.506 e. The molecule has 6 aromatic carbocycles. The summed E-state index contributed by atoms with van der Waals surface area (Å²) in [6.45, 7) is 0. The van der Waals surface area contributed by atoms with Crippen LogP contribution in [0.1, 0.15) is 18.7 Å². The average Bonchev–Trinajstić information content (AvgIpc) is 3.51. The number of aromatic nitrogens is 3. The van der Waals surface area contributed by atoms with E-state index in [0.717, 1.165) is 85.3 Å². The number of rotatable bonds is 3. The van der Waals surface area contributed by atoms with Crippen molar-refractivity contribution in [2.75, 3.05) is 4.90 Å². The van der Waals surface area contributed by atoms with Crippen molar-refractivity contribution in [2.45, 2.75) is 12.8 Å². The Morgan fingerprint density at radius 3 is 2.24 bits per heavy atom. The first-order chi connectivity index (χ1) is 25.2. The zero-order valence-corrected chi connectivity index (χ0v) is 27.2. The van der Waals surface area contributed by atoms with Gasteiger partial charge in [-0.05, 0) is 90.7 Å². The highest BCUT2D eigenvalue weighted by molar-refractivity contribution is 6.11. The molecule has 1 N–H and O–H groups in total. The summed E-state index contributed by atoms with van der Waals surface area (Å²) < 4.78 is 15.3. The van der Waals surface area contributed by atoms with Gasteiger partial charge in [-0.1, -0.05) is 72.8 Å². The van der Waals surface area contributed by atoms with Crippen LogP contribution in [0.25, 0.3) is 55.2 Å². The lowest BCUT2D eigenvalue weighted by Crippen LogP contribution is -2.20. The molecule has 0 saturated heterocycles. The van der Waals surface area contributed by atoms with E-state index in [1.54, 1.807) is 12.1 Å². The van der Waals surface area contributed by atoms with E-state index in [1.807, 2.05) is 47.4 Å². The Bertz CT molecular complexity index is 2830. The predicted octanol–water partition coefficient (Wildman–Crippen LogP) is 11.5. The van der Waals surface area contributed by atoms with Crippen LogP contribution in [0, 0.1) is 0 Å². The molecule has 1 aliphatic carbocycles. The second kappa shape index (κ2) is 10.6. The van der Waals surface area contributed by atoms with Crippen LogP contribution in [-0.2, 0) is 0 Å². The van der Waals surface area contributed by atoms with E-state index in [4.69, 9.17) is 19.4 Å². The Kier molecular flexibility index (Phi) is 5.81. The molecule has 2 aromatic heterocycles. The van der Waals surface area contributed by atoms with E-state index < -0.39 is 0 Å². The van der Waals surface area contributed by atoms with Gasteiger partial charge in [0.1, 0.15) is 22.9 Å². The number of anilines is 3. The van der Waals surface area contributed by atoms with E-state index in [2.05, 4.69) is 89.5 Å². The highest BCUT2D eigenvalue weighted by Crippen LogP contribution is 2.62. The summed E-state index contributed by atoms with van der Waals surface area (Å²) in [5, 5.41) is 14.2. The molecule has 2 aliphatic heterocycles. The van der Waals surface area contributed by atoms with Crippen molar-refractivity contribution in [3.05, 3.63) is 145 Å². The third-order valence-electron chi connectivity index (χ3n) is 10.1. The number of fused-ring (bicyclic) bond motifs is 8. The Labute approximate surface area is 292 Å².